The topological polar surface area (TPSA) is 84.7 Å². The van der Waals surface area contributed by atoms with Gasteiger partial charge < -0.3 is 15.0 Å². The molecule has 7 nitrogen and oxygen atoms in total. The SMILES string of the molecule is O=C(Oc1cc(F)cc([N+](=O)[O-])c1)N1CCNCC1. The first-order valence-corrected chi connectivity index (χ1v) is 5.69. The highest BCUT2D eigenvalue weighted by molar-refractivity contribution is 5.71. The zero-order valence-electron chi connectivity index (χ0n) is 9.97. The standard InChI is InChI=1S/C11H12FN3O4/c12-8-5-9(15(17)18)7-10(6-8)19-11(16)14-3-1-13-2-4-14/h5-7,13H,1-4H2. The van der Waals surface area contributed by atoms with Crippen LogP contribution in [-0.2, 0) is 0 Å². The Morgan fingerprint density at radius 3 is 2.68 bits per heavy atom. The third kappa shape index (κ3) is 3.38. The summed E-state index contributed by atoms with van der Waals surface area (Å²) in [5, 5.41) is 13.6. The summed E-state index contributed by atoms with van der Waals surface area (Å²) in [5.41, 5.74) is -0.455. The molecule has 2 rings (SSSR count). The Hall–Kier alpha value is -2.22. The highest BCUT2D eigenvalue weighted by atomic mass is 19.1. The van der Waals surface area contributed by atoms with Crippen molar-refractivity contribution in [1.29, 1.82) is 0 Å². The number of amides is 1. The van der Waals surface area contributed by atoms with Crippen molar-refractivity contribution in [3.8, 4) is 5.75 Å². The minimum absolute atomic E-state index is 0.171. The fraction of sp³-hybridized carbons (Fsp3) is 0.364. The van der Waals surface area contributed by atoms with Crippen LogP contribution in [0.25, 0.3) is 0 Å². The minimum atomic E-state index is -0.822. The predicted molar refractivity (Wildman–Crippen MR) is 63.5 cm³/mol. The minimum Gasteiger partial charge on any atom is -0.410 e. The van der Waals surface area contributed by atoms with Crippen LogP contribution in [-0.4, -0.2) is 42.1 Å². The van der Waals surface area contributed by atoms with Crippen molar-refractivity contribution < 1.29 is 18.8 Å². The second-order valence-electron chi connectivity index (χ2n) is 4.01. The Balaban J connectivity index is 2.09. The van der Waals surface area contributed by atoms with E-state index in [4.69, 9.17) is 4.74 Å². The van der Waals surface area contributed by atoms with Gasteiger partial charge in [0.2, 0.25) is 0 Å². The summed E-state index contributed by atoms with van der Waals surface area (Å²) in [4.78, 5) is 23.0. The van der Waals surface area contributed by atoms with Crippen LogP contribution in [0.2, 0.25) is 0 Å². The summed E-state index contributed by atoms with van der Waals surface area (Å²) < 4.78 is 18.1. The Morgan fingerprint density at radius 2 is 2.05 bits per heavy atom. The van der Waals surface area contributed by atoms with Crippen molar-refractivity contribution in [2.45, 2.75) is 0 Å². The maximum Gasteiger partial charge on any atom is 0.415 e. The lowest BCUT2D eigenvalue weighted by atomic mass is 10.3. The molecule has 1 aliphatic rings. The molecule has 1 N–H and O–H groups in total. The van der Waals surface area contributed by atoms with Crippen LogP contribution in [0.4, 0.5) is 14.9 Å². The smallest absolute Gasteiger partial charge is 0.410 e. The van der Waals surface area contributed by atoms with E-state index in [2.05, 4.69) is 5.32 Å². The van der Waals surface area contributed by atoms with Crippen LogP contribution in [0.3, 0.4) is 0 Å². The molecule has 19 heavy (non-hydrogen) atoms. The fourth-order valence-corrected chi connectivity index (χ4v) is 1.73. The zero-order valence-corrected chi connectivity index (χ0v) is 9.97. The van der Waals surface area contributed by atoms with Gasteiger partial charge in [-0.1, -0.05) is 0 Å². The number of nitrogens with one attached hydrogen (secondary N) is 1. The molecule has 1 saturated heterocycles. The van der Waals surface area contributed by atoms with Crippen LogP contribution >= 0.6 is 0 Å². The molecule has 8 heteroatoms. The van der Waals surface area contributed by atoms with Gasteiger partial charge in [-0.05, 0) is 0 Å². The van der Waals surface area contributed by atoms with Crippen molar-refractivity contribution in [1.82, 2.24) is 10.2 Å². The molecular formula is C11H12FN3O4. The first-order chi connectivity index (χ1) is 9.06. The predicted octanol–water partition coefficient (Wildman–Crippen LogP) is 1.14. The quantitative estimate of drug-likeness (QED) is 0.642. The van der Waals surface area contributed by atoms with E-state index in [1.54, 1.807) is 0 Å². The molecule has 0 bridgehead atoms. The van der Waals surface area contributed by atoms with Crippen molar-refractivity contribution in [2.24, 2.45) is 0 Å². The van der Waals surface area contributed by atoms with Gasteiger partial charge in [0.05, 0.1) is 17.1 Å². The summed E-state index contributed by atoms with van der Waals surface area (Å²) in [6.07, 6.45) is -0.638. The number of piperazine rings is 1. The van der Waals surface area contributed by atoms with Gasteiger partial charge in [0.1, 0.15) is 11.6 Å². The second-order valence-corrected chi connectivity index (χ2v) is 4.01. The summed E-state index contributed by atoms with van der Waals surface area (Å²) >= 11 is 0. The van der Waals surface area contributed by atoms with Crippen LogP contribution in [0.1, 0.15) is 0 Å². The Bertz CT molecular complexity index is 503. The number of nitro groups is 1. The second kappa shape index (κ2) is 5.61. The van der Waals surface area contributed by atoms with Gasteiger partial charge in [0, 0.05) is 32.2 Å². The molecule has 0 spiro atoms. The number of nitro benzene ring substituents is 1. The first kappa shape index (κ1) is 13.2. The number of rotatable bonds is 2. The number of nitrogens with zero attached hydrogens (tertiary/aromatic N) is 2. The van der Waals surface area contributed by atoms with Crippen LogP contribution in [0, 0.1) is 15.9 Å². The number of benzene rings is 1. The number of hydrogen-bond donors (Lipinski definition) is 1. The molecule has 1 amide bonds. The molecule has 1 aromatic rings. The van der Waals surface area contributed by atoms with Crippen LogP contribution in [0.15, 0.2) is 18.2 Å². The lowest BCUT2D eigenvalue weighted by molar-refractivity contribution is -0.385. The number of hydrogen-bond acceptors (Lipinski definition) is 5. The maximum absolute atomic E-state index is 13.2. The van der Waals surface area contributed by atoms with E-state index < -0.39 is 22.5 Å². The van der Waals surface area contributed by atoms with E-state index in [-0.39, 0.29) is 5.75 Å². The van der Waals surface area contributed by atoms with E-state index in [1.165, 1.54) is 4.90 Å². The van der Waals surface area contributed by atoms with E-state index in [1.807, 2.05) is 0 Å². The fourth-order valence-electron chi connectivity index (χ4n) is 1.73. The molecule has 0 radical (unpaired) electrons. The Morgan fingerprint density at radius 1 is 1.37 bits per heavy atom. The summed E-state index contributed by atoms with van der Waals surface area (Å²) in [7, 11) is 0. The molecule has 0 aromatic heterocycles. The molecule has 0 saturated carbocycles. The van der Waals surface area contributed by atoms with Gasteiger partial charge in [-0.15, -0.1) is 0 Å². The van der Waals surface area contributed by atoms with E-state index in [0.29, 0.717) is 26.2 Å². The van der Waals surface area contributed by atoms with E-state index in [9.17, 15) is 19.3 Å². The van der Waals surface area contributed by atoms with E-state index in [0.717, 1.165) is 18.2 Å². The summed E-state index contributed by atoms with van der Waals surface area (Å²) in [6, 6.07) is 2.72. The average molecular weight is 269 g/mol. The molecular weight excluding hydrogens is 257 g/mol. The Labute approximate surface area is 108 Å². The molecule has 102 valence electrons. The third-order valence-electron chi connectivity index (χ3n) is 2.65. The van der Waals surface area contributed by atoms with Crippen molar-refractivity contribution in [3.63, 3.8) is 0 Å². The van der Waals surface area contributed by atoms with Gasteiger partial charge in [0.25, 0.3) is 5.69 Å². The van der Waals surface area contributed by atoms with Crippen molar-refractivity contribution >= 4 is 11.8 Å². The Kier molecular flexibility index (Phi) is 3.91. The van der Waals surface area contributed by atoms with Crippen LogP contribution in [0.5, 0.6) is 5.75 Å². The van der Waals surface area contributed by atoms with Gasteiger partial charge in [-0.25, -0.2) is 9.18 Å². The average Bonchev–Trinajstić information content (AvgIpc) is 2.39. The number of non-ortho nitro benzene ring substituents is 1. The van der Waals surface area contributed by atoms with Gasteiger partial charge in [-0.2, -0.15) is 0 Å². The number of ether oxygens (including phenoxy) is 1. The van der Waals surface area contributed by atoms with Gasteiger partial charge in [0.15, 0.2) is 0 Å². The summed E-state index contributed by atoms with van der Waals surface area (Å²) in [5.74, 6) is -0.993. The number of halogens is 1. The van der Waals surface area contributed by atoms with Gasteiger partial charge in [-0.3, -0.25) is 10.1 Å². The zero-order chi connectivity index (χ0) is 13.8. The lowest BCUT2D eigenvalue weighted by Gasteiger charge is -2.26. The molecule has 1 fully saturated rings. The highest BCUT2D eigenvalue weighted by Gasteiger charge is 2.19. The normalized spacial score (nSPS) is 15.1. The molecule has 0 aliphatic carbocycles. The molecule has 0 atom stereocenters. The highest BCUT2D eigenvalue weighted by Crippen LogP contribution is 2.22. The number of carbonyl (C=O) groups excluding carboxylic acids is 1. The van der Waals surface area contributed by atoms with Crippen molar-refractivity contribution in [2.75, 3.05) is 26.2 Å². The lowest BCUT2D eigenvalue weighted by Crippen LogP contribution is -2.47. The molecule has 1 heterocycles. The maximum atomic E-state index is 13.2. The number of carbonyl (C=O) groups is 1. The van der Waals surface area contributed by atoms with Crippen LogP contribution < -0.4 is 10.1 Å². The third-order valence-corrected chi connectivity index (χ3v) is 2.65. The van der Waals surface area contributed by atoms with Gasteiger partial charge >= 0.3 is 6.09 Å². The summed E-state index contributed by atoms with van der Waals surface area (Å²) in [6.45, 7) is 2.27. The van der Waals surface area contributed by atoms with E-state index >= 15 is 0 Å². The molecule has 0 unspecified atom stereocenters. The molecule has 1 aromatic carbocycles. The van der Waals surface area contributed by atoms with Crippen molar-refractivity contribution in [3.05, 3.63) is 34.1 Å². The monoisotopic (exact) mass is 269 g/mol. The first-order valence-electron chi connectivity index (χ1n) is 5.69. The molecule has 1 aliphatic heterocycles. The largest absolute Gasteiger partial charge is 0.415 e.